The Morgan fingerprint density at radius 2 is 2.12 bits per heavy atom. The van der Waals surface area contributed by atoms with E-state index in [4.69, 9.17) is 10.5 Å². The monoisotopic (exact) mass is 228 g/mol. The maximum Gasteiger partial charge on any atom is 0.239 e. The first-order chi connectivity index (χ1) is 7.69. The Kier molecular flexibility index (Phi) is 5.77. The Labute approximate surface area is 98.1 Å². The summed E-state index contributed by atoms with van der Waals surface area (Å²) in [6.45, 7) is 4.54. The molecule has 16 heavy (non-hydrogen) atoms. The van der Waals surface area contributed by atoms with Crippen LogP contribution in [-0.4, -0.2) is 43.7 Å². The number of rotatable bonds is 5. The second-order valence-corrected chi connectivity index (χ2v) is 4.62. The van der Waals surface area contributed by atoms with Gasteiger partial charge in [-0.1, -0.05) is 13.3 Å². The Morgan fingerprint density at radius 1 is 1.50 bits per heavy atom. The van der Waals surface area contributed by atoms with E-state index >= 15 is 0 Å². The lowest BCUT2D eigenvalue weighted by molar-refractivity contribution is -0.134. The molecule has 4 nitrogen and oxygen atoms in total. The van der Waals surface area contributed by atoms with Gasteiger partial charge in [0.15, 0.2) is 0 Å². The van der Waals surface area contributed by atoms with Gasteiger partial charge in [0.05, 0.1) is 6.04 Å². The van der Waals surface area contributed by atoms with Crippen LogP contribution in [0.1, 0.15) is 32.6 Å². The summed E-state index contributed by atoms with van der Waals surface area (Å²) in [4.78, 5) is 13.8. The Balaban J connectivity index is 2.32. The Morgan fingerprint density at radius 3 is 2.62 bits per heavy atom. The van der Waals surface area contributed by atoms with Gasteiger partial charge in [-0.15, -0.1) is 0 Å². The fourth-order valence-corrected chi connectivity index (χ4v) is 2.22. The fraction of sp³-hybridized carbons (Fsp3) is 0.917. The molecule has 2 N–H and O–H groups in total. The molecule has 0 bridgehead atoms. The molecule has 0 aliphatic carbocycles. The quantitative estimate of drug-likeness (QED) is 0.763. The second-order valence-electron chi connectivity index (χ2n) is 4.62. The molecule has 4 heteroatoms. The summed E-state index contributed by atoms with van der Waals surface area (Å²) in [6.07, 6.45) is 3.83. The zero-order valence-corrected chi connectivity index (χ0v) is 10.4. The molecule has 1 fully saturated rings. The van der Waals surface area contributed by atoms with Gasteiger partial charge in [-0.05, 0) is 25.2 Å². The average molecular weight is 228 g/mol. The summed E-state index contributed by atoms with van der Waals surface area (Å²) < 4.78 is 5.13. The van der Waals surface area contributed by atoms with Crippen molar-refractivity contribution in [3.8, 4) is 0 Å². The van der Waals surface area contributed by atoms with Crippen LogP contribution in [0.2, 0.25) is 0 Å². The highest BCUT2D eigenvalue weighted by Crippen LogP contribution is 2.18. The third kappa shape index (κ3) is 3.76. The normalized spacial score (nSPS) is 19.8. The van der Waals surface area contributed by atoms with Crippen LogP contribution in [0.3, 0.4) is 0 Å². The van der Waals surface area contributed by atoms with Crippen molar-refractivity contribution in [2.45, 2.75) is 38.6 Å². The van der Waals surface area contributed by atoms with E-state index in [-0.39, 0.29) is 11.9 Å². The molecule has 1 saturated heterocycles. The van der Waals surface area contributed by atoms with Gasteiger partial charge >= 0.3 is 0 Å². The predicted molar refractivity (Wildman–Crippen MR) is 64.1 cm³/mol. The number of hydrogen-bond acceptors (Lipinski definition) is 3. The lowest BCUT2D eigenvalue weighted by atomic mass is 9.97. The summed E-state index contributed by atoms with van der Waals surface area (Å²) in [6, 6.07) is -0.302. The molecule has 0 spiro atoms. The maximum absolute atomic E-state index is 11.9. The van der Waals surface area contributed by atoms with Gasteiger partial charge in [0.25, 0.3) is 0 Å². The molecule has 1 aliphatic rings. The van der Waals surface area contributed by atoms with E-state index < -0.39 is 0 Å². The van der Waals surface area contributed by atoms with Crippen molar-refractivity contribution in [1.29, 1.82) is 0 Å². The molecule has 1 amide bonds. The van der Waals surface area contributed by atoms with E-state index in [0.717, 1.165) is 45.4 Å². The lowest BCUT2D eigenvalue weighted by Gasteiger charge is -2.33. The maximum atomic E-state index is 11.9. The Bertz CT molecular complexity index is 213. The van der Waals surface area contributed by atoms with Crippen LogP contribution in [0.15, 0.2) is 0 Å². The molecule has 1 heterocycles. The predicted octanol–water partition coefficient (Wildman–Crippen LogP) is 0.999. The number of nitrogens with two attached hydrogens (primary N) is 1. The van der Waals surface area contributed by atoms with Crippen LogP contribution >= 0.6 is 0 Å². The Hall–Kier alpha value is -0.610. The number of methoxy groups -OCH3 is 1. The largest absolute Gasteiger partial charge is 0.384 e. The number of carbonyl (C=O) groups excluding carboxylic acids is 1. The standard InChI is InChI=1S/C12H24N2O2/c1-3-4-11(13)12(15)14-7-5-10(6-8-14)9-16-2/h10-11H,3-9,13H2,1-2H3/t11-/m1/s1. The van der Waals surface area contributed by atoms with Crippen molar-refractivity contribution >= 4 is 5.91 Å². The highest BCUT2D eigenvalue weighted by molar-refractivity contribution is 5.81. The summed E-state index contributed by atoms with van der Waals surface area (Å²) in [5.41, 5.74) is 5.84. The molecule has 1 rings (SSSR count). The first kappa shape index (κ1) is 13.5. The highest BCUT2D eigenvalue weighted by Gasteiger charge is 2.25. The van der Waals surface area contributed by atoms with Crippen molar-refractivity contribution in [3.05, 3.63) is 0 Å². The summed E-state index contributed by atoms with van der Waals surface area (Å²) >= 11 is 0. The van der Waals surface area contributed by atoms with Gasteiger partial charge in [-0.25, -0.2) is 0 Å². The van der Waals surface area contributed by atoms with Crippen molar-refractivity contribution < 1.29 is 9.53 Å². The lowest BCUT2D eigenvalue weighted by Crippen LogP contribution is -2.47. The number of ether oxygens (including phenoxy) is 1. The number of piperidine rings is 1. The SMILES string of the molecule is CCC[C@@H](N)C(=O)N1CCC(COC)CC1. The third-order valence-corrected chi connectivity index (χ3v) is 3.25. The summed E-state index contributed by atoms with van der Waals surface area (Å²) in [5, 5.41) is 0. The van der Waals surface area contributed by atoms with Crippen molar-refractivity contribution in [2.24, 2.45) is 11.7 Å². The molecule has 0 unspecified atom stereocenters. The van der Waals surface area contributed by atoms with E-state index in [1.807, 2.05) is 4.90 Å². The third-order valence-electron chi connectivity index (χ3n) is 3.25. The number of nitrogens with zero attached hydrogens (tertiary/aromatic N) is 1. The van der Waals surface area contributed by atoms with E-state index in [0.29, 0.717) is 5.92 Å². The van der Waals surface area contributed by atoms with Crippen LogP contribution in [-0.2, 0) is 9.53 Å². The minimum Gasteiger partial charge on any atom is -0.384 e. The second kappa shape index (κ2) is 6.86. The van der Waals surface area contributed by atoms with Gasteiger partial charge < -0.3 is 15.4 Å². The topological polar surface area (TPSA) is 55.6 Å². The summed E-state index contributed by atoms with van der Waals surface area (Å²) in [7, 11) is 1.73. The van der Waals surface area contributed by atoms with Crippen molar-refractivity contribution in [1.82, 2.24) is 4.90 Å². The zero-order valence-electron chi connectivity index (χ0n) is 10.4. The van der Waals surface area contributed by atoms with E-state index in [1.165, 1.54) is 0 Å². The van der Waals surface area contributed by atoms with Crippen molar-refractivity contribution in [3.63, 3.8) is 0 Å². The van der Waals surface area contributed by atoms with Gasteiger partial charge in [0.2, 0.25) is 5.91 Å². The van der Waals surface area contributed by atoms with Crippen LogP contribution in [0.25, 0.3) is 0 Å². The first-order valence-corrected chi connectivity index (χ1v) is 6.22. The molecule has 0 saturated carbocycles. The smallest absolute Gasteiger partial charge is 0.239 e. The molecule has 1 aliphatic heterocycles. The van der Waals surface area contributed by atoms with E-state index in [9.17, 15) is 4.79 Å². The zero-order chi connectivity index (χ0) is 12.0. The number of carbonyl (C=O) groups is 1. The molecule has 0 aromatic rings. The molecule has 0 radical (unpaired) electrons. The molecule has 0 aromatic heterocycles. The van der Waals surface area contributed by atoms with Crippen LogP contribution < -0.4 is 5.73 Å². The summed E-state index contributed by atoms with van der Waals surface area (Å²) in [5.74, 6) is 0.731. The average Bonchev–Trinajstić information content (AvgIpc) is 2.30. The van der Waals surface area contributed by atoms with Gasteiger partial charge in [0.1, 0.15) is 0 Å². The molecule has 1 atom stereocenters. The highest BCUT2D eigenvalue weighted by atomic mass is 16.5. The number of hydrogen-bond donors (Lipinski definition) is 1. The van der Waals surface area contributed by atoms with E-state index in [2.05, 4.69) is 6.92 Å². The number of likely N-dealkylation sites (tertiary alicyclic amines) is 1. The molecular formula is C12H24N2O2. The molecular weight excluding hydrogens is 204 g/mol. The molecule has 94 valence electrons. The fourth-order valence-electron chi connectivity index (χ4n) is 2.22. The van der Waals surface area contributed by atoms with Crippen LogP contribution in [0, 0.1) is 5.92 Å². The van der Waals surface area contributed by atoms with Gasteiger partial charge in [0, 0.05) is 26.8 Å². The number of amides is 1. The first-order valence-electron chi connectivity index (χ1n) is 6.22. The molecule has 0 aromatic carbocycles. The minimum atomic E-state index is -0.302. The van der Waals surface area contributed by atoms with Crippen LogP contribution in [0.5, 0.6) is 0 Å². The van der Waals surface area contributed by atoms with Crippen LogP contribution in [0.4, 0.5) is 0 Å². The van der Waals surface area contributed by atoms with E-state index in [1.54, 1.807) is 7.11 Å². The van der Waals surface area contributed by atoms with Gasteiger partial charge in [-0.3, -0.25) is 4.79 Å². The minimum absolute atomic E-state index is 0.123. The van der Waals surface area contributed by atoms with Gasteiger partial charge in [-0.2, -0.15) is 0 Å². The van der Waals surface area contributed by atoms with Crippen molar-refractivity contribution in [2.75, 3.05) is 26.8 Å².